The lowest BCUT2D eigenvalue weighted by Crippen LogP contribution is -2.42. The Labute approximate surface area is 771 Å². The Bertz CT molecular complexity index is 6950. The number of hydrogen-bond donors (Lipinski definition) is 5. The van der Waals surface area contributed by atoms with Gasteiger partial charge in [-0.25, -0.2) is 77.2 Å². The summed E-state index contributed by atoms with van der Waals surface area (Å²) in [5.41, 5.74) is -1.37. The third-order valence-electron chi connectivity index (χ3n) is 21.9. The maximum Gasteiger partial charge on any atom is 0.449 e. The molecule has 5 N–H and O–H groups in total. The molecule has 0 bridgehead atoms. The molecule has 0 spiro atoms. The minimum Gasteiger partial charge on any atom is -0.478 e. The average molecular weight is 1960 g/mol. The van der Waals surface area contributed by atoms with E-state index < -0.39 is 149 Å². The van der Waals surface area contributed by atoms with Gasteiger partial charge in [0.25, 0.3) is 28.5 Å². The third-order valence-corrected chi connectivity index (χ3v) is 21.9. The summed E-state index contributed by atoms with van der Waals surface area (Å²) in [5.74, 6) is -14.0. The van der Waals surface area contributed by atoms with Crippen molar-refractivity contribution in [1.82, 2.24) is 88.8 Å². The van der Waals surface area contributed by atoms with E-state index in [2.05, 4.69) is 74.8 Å². The van der Waals surface area contributed by atoms with Gasteiger partial charge in [-0.2, -0.15) is 68.0 Å². The fourth-order valence-corrected chi connectivity index (χ4v) is 15.5. The molecule has 17 rings (SSSR count). The highest BCUT2D eigenvalue weighted by Gasteiger charge is 2.47. The molecule has 3 amide bonds. The number of fused-ring (bicyclic) bond motifs is 7. The zero-order valence-corrected chi connectivity index (χ0v) is 73.6. The number of esters is 4. The summed E-state index contributed by atoms with van der Waals surface area (Å²) >= 11 is 0. The molecule has 0 atom stereocenters. The van der Waals surface area contributed by atoms with Crippen LogP contribution in [-0.2, 0) is 120 Å². The Kier molecular flexibility index (Phi) is 29.3. The number of methoxy groups -OCH3 is 4. The number of nitrogens with zero attached hydrogens (tertiary/aromatic N) is 14. The van der Waals surface area contributed by atoms with Crippen molar-refractivity contribution in [2.24, 2.45) is 0 Å². The summed E-state index contributed by atoms with van der Waals surface area (Å²) < 4.78 is 228. The molecule has 730 valence electrons. The number of amides is 3. The molecule has 6 aromatic carbocycles. The van der Waals surface area contributed by atoms with Crippen LogP contribution in [0, 0.1) is 17.5 Å². The van der Waals surface area contributed by atoms with E-state index in [-0.39, 0.29) is 140 Å². The van der Waals surface area contributed by atoms with Gasteiger partial charge in [-0.15, -0.1) is 0 Å². The van der Waals surface area contributed by atoms with Gasteiger partial charge in [0.2, 0.25) is 23.3 Å². The normalized spacial score (nSPS) is 13.6. The molecule has 0 saturated heterocycles. The Hall–Kier alpha value is -16.0. The lowest BCUT2D eigenvalue weighted by Gasteiger charge is -2.31. The second-order valence-corrected chi connectivity index (χ2v) is 31.9. The van der Waals surface area contributed by atoms with E-state index in [9.17, 15) is 119 Å². The largest absolute Gasteiger partial charge is 0.478 e. The molecule has 139 heavy (non-hydrogen) atoms. The first kappa shape index (κ1) is 101. The Morgan fingerprint density at radius 2 is 0.655 bits per heavy atom. The number of aromatic amines is 3. The van der Waals surface area contributed by atoms with Crippen molar-refractivity contribution in [2.45, 2.75) is 123 Å². The van der Waals surface area contributed by atoms with Crippen LogP contribution in [0.25, 0.3) is 32.3 Å². The molecule has 7 aromatic heterocycles. The maximum atomic E-state index is 14.8. The first-order valence-electron chi connectivity index (χ1n) is 41.4. The number of benzene rings is 6. The predicted molar refractivity (Wildman–Crippen MR) is 454 cm³/mol. The molecule has 4 aliphatic heterocycles. The van der Waals surface area contributed by atoms with E-state index in [1.807, 2.05) is 0 Å². The van der Waals surface area contributed by atoms with Gasteiger partial charge < -0.3 is 67.1 Å². The number of hydrogen-bond acceptors (Lipinski definition) is 24. The molecule has 11 heterocycles. The van der Waals surface area contributed by atoms with Gasteiger partial charge in [0.15, 0.2) is 22.8 Å². The first-order chi connectivity index (χ1) is 65.6. The number of carboxylic acids is 1. The van der Waals surface area contributed by atoms with Gasteiger partial charge in [0.1, 0.15) is 23.1 Å². The number of imidazole rings is 4. The highest BCUT2D eigenvalue weighted by atomic mass is 19.4. The van der Waals surface area contributed by atoms with Crippen molar-refractivity contribution in [3.63, 3.8) is 0 Å². The minimum atomic E-state index is -4.83. The highest BCUT2D eigenvalue weighted by Crippen LogP contribution is 2.39. The molecule has 0 unspecified atom stereocenters. The predicted octanol–water partition coefficient (Wildman–Crippen LogP) is 12.2. The van der Waals surface area contributed by atoms with Crippen LogP contribution in [0.5, 0.6) is 0 Å². The van der Waals surface area contributed by atoms with E-state index in [1.165, 1.54) is 41.3 Å². The van der Waals surface area contributed by atoms with Crippen LogP contribution in [-0.4, -0.2) is 197 Å². The monoisotopic (exact) mass is 1950 g/mol. The Morgan fingerprint density at radius 3 is 0.957 bits per heavy atom. The third kappa shape index (κ3) is 22.1. The van der Waals surface area contributed by atoms with E-state index in [4.69, 9.17) is 9.84 Å². The number of carbonyl (C=O) groups is 8. The number of ether oxygens (including phenoxy) is 5. The lowest BCUT2D eigenvalue weighted by molar-refractivity contribution is -0.148. The summed E-state index contributed by atoms with van der Waals surface area (Å²) in [6.45, 7) is 3.69. The second kappa shape index (κ2) is 40.5. The lowest BCUT2D eigenvalue weighted by atomic mass is 10.0. The van der Waals surface area contributed by atoms with E-state index in [1.54, 1.807) is 93.6 Å². The van der Waals surface area contributed by atoms with E-state index in [0.717, 1.165) is 74.7 Å². The number of carboxylic acid groups (broad SMARTS) is 1. The van der Waals surface area contributed by atoms with Gasteiger partial charge >= 0.3 is 60.6 Å². The number of carbonyl (C=O) groups excluding carboxylic acids is 7. The van der Waals surface area contributed by atoms with Gasteiger partial charge in [0.05, 0.1) is 121 Å². The van der Waals surface area contributed by atoms with Crippen molar-refractivity contribution < 1.29 is 133 Å². The summed E-state index contributed by atoms with van der Waals surface area (Å²) in [7, 11) is 4.18. The topological polar surface area (TPSA) is 433 Å². The smallest absolute Gasteiger partial charge is 0.449 e. The molecule has 4 aliphatic rings. The van der Waals surface area contributed by atoms with Crippen LogP contribution in [0.1, 0.15) is 174 Å². The number of H-pyrrole nitrogens is 3. The molecule has 0 fully saturated rings. The number of alkyl halides is 12. The quantitative estimate of drug-likeness (QED) is 0.0406. The number of halogens is 15. The van der Waals surface area contributed by atoms with Gasteiger partial charge in [-0.1, -0.05) is 72.8 Å². The van der Waals surface area contributed by atoms with Crippen LogP contribution in [0.2, 0.25) is 0 Å². The summed E-state index contributed by atoms with van der Waals surface area (Å²) in [6, 6.07) is 32.4. The first-order valence-corrected chi connectivity index (χ1v) is 41.4. The molecular formula is C89H77F15N18O17. The summed E-state index contributed by atoms with van der Waals surface area (Å²) in [6.07, 6.45) is -19.0. The van der Waals surface area contributed by atoms with Crippen LogP contribution < -0.4 is 22.0 Å². The van der Waals surface area contributed by atoms with Crippen molar-refractivity contribution in [1.29, 1.82) is 0 Å². The van der Waals surface area contributed by atoms with Crippen molar-refractivity contribution >= 4 is 80.1 Å². The van der Waals surface area contributed by atoms with Crippen LogP contribution in [0.15, 0.2) is 142 Å². The van der Waals surface area contributed by atoms with Crippen LogP contribution in [0.3, 0.4) is 0 Å². The molecule has 0 radical (unpaired) electrons. The number of rotatable bonds is 13. The standard InChI is InChI=1S/2C25H19F4N5O4.C16H11FN2O3.C14H18F3N3O4.C9H10F3N3O2/c2*1-38-23(37)20-19-12-33(8-9-34(19)24(30-20)25(27,28)29)22(36)16-10-13(6-7-17(16)26)11-18-14-4-2-3-5-15(14)21(35)32-31-18;17-13-6-5-9(7-12(13)16(21)22)8-14-10-3-1-2-4-11(10)15(20)19-18-14;1-13(2,3)24-12(22)19-5-6-20-8(7-19)9(10(21)23-4)18-11(20)14(15,16)17;1-17-7(16)6-5-4-13-2-3-15(5)8(14-6)9(10,11)12/h2*2-7,10H,8-9,11-12H2,1H3,(H,32,35);1-7H,8H2,(H,19,20)(H,21,22);5-7H2,1-4H3;13H,2-4H2,1H3. The molecule has 0 saturated carbocycles. The van der Waals surface area contributed by atoms with Crippen molar-refractivity contribution in [3.8, 4) is 0 Å². The highest BCUT2D eigenvalue weighted by molar-refractivity contribution is 5.97. The van der Waals surface area contributed by atoms with Crippen molar-refractivity contribution in [2.75, 3.05) is 54.6 Å². The Morgan fingerprint density at radius 1 is 0.374 bits per heavy atom. The second-order valence-electron chi connectivity index (χ2n) is 31.9. The molecule has 50 heteroatoms. The fraction of sp³-hybridized carbons (Fsp3) is 0.303. The molecule has 0 aliphatic carbocycles. The zero-order valence-electron chi connectivity index (χ0n) is 73.6. The van der Waals surface area contributed by atoms with E-state index in [0.29, 0.717) is 72.6 Å². The van der Waals surface area contributed by atoms with Gasteiger partial charge in [-0.3, -0.25) is 24.0 Å². The number of nitrogens with one attached hydrogen (secondary N) is 4. The molecular weight excluding hydrogens is 1880 g/mol. The molecule has 13 aromatic rings. The van der Waals surface area contributed by atoms with Crippen LogP contribution in [0.4, 0.5) is 70.7 Å². The Balaban J connectivity index is 0.000000151. The van der Waals surface area contributed by atoms with Crippen LogP contribution >= 0.6 is 0 Å². The maximum absolute atomic E-state index is 14.8. The summed E-state index contributed by atoms with van der Waals surface area (Å²) in [5, 5.41) is 34.6. The average Bonchev–Trinajstić information content (AvgIpc) is 1.76. The minimum absolute atomic E-state index is 0.0158. The van der Waals surface area contributed by atoms with E-state index >= 15 is 0 Å². The zero-order chi connectivity index (χ0) is 101. The fourth-order valence-electron chi connectivity index (χ4n) is 15.5. The van der Waals surface area contributed by atoms with Gasteiger partial charge in [-0.05, 0) is 92.1 Å². The number of aromatic carboxylic acids is 1. The number of aromatic nitrogens is 14. The molecule has 35 nitrogen and oxygen atoms in total. The van der Waals surface area contributed by atoms with Crippen molar-refractivity contribution in [3.05, 3.63) is 295 Å². The SMILES string of the molecule is COC(=O)c1nc(C(F)(F)F)n2c1CN(C(=O)OC(C)(C)C)CC2.COC(=O)c1nc(C(F)(F)F)n2c1CN(C(=O)c1cc(Cc3n[nH]c(=O)c4ccccc34)ccc1F)CC2.COC(=O)c1nc(C(F)(F)F)n2c1CN(C(=O)c1cc(Cc3n[nH]c(=O)c4ccccc34)ccc1F)CC2.COC(=O)c1nc(C(F)(F)F)n2c1CNCC2.O=C(O)c1cc(Cc2n[nH]c(=O)c3ccccc23)ccc1F. The van der Waals surface area contributed by atoms with Gasteiger partial charge in [0, 0.05) is 94.3 Å². The summed E-state index contributed by atoms with van der Waals surface area (Å²) in [4.78, 5) is 150.